The van der Waals surface area contributed by atoms with Gasteiger partial charge in [0.2, 0.25) is 0 Å². The van der Waals surface area contributed by atoms with Gasteiger partial charge in [-0.2, -0.15) is 0 Å². The molecule has 0 aliphatic heterocycles. The van der Waals surface area contributed by atoms with Crippen molar-refractivity contribution in [3.05, 3.63) is 95.7 Å². The molecule has 6 nitrogen and oxygen atoms in total. The van der Waals surface area contributed by atoms with E-state index in [0.29, 0.717) is 6.42 Å². The minimum Gasteiger partial charge on any atom is -0.449 e. The number of ether oxygens (including phenoxy) is 2. The molecule has 0 saturated heterocycles. The van der Waals surface area contributed by atoms with Gasteiger partial charge in [0.1, 0.15) is 12.2 Å². The standard InChI is InChI=1S/C31H32N2O4/c1-20(17-21-18-33(30(35)37-31(2,3)4)28-16-10-9-11-22(21)28)32-29(34)36-19-27-25-14-7-5-12-23(25)24-13-6-8-15-26(24)27/h5-16,18,20,27H,17,19H2,1-4H3,(H,32,34)/t20-/m1/s1. The van der Waals surface area contributed by atoms with Crippen LogP contribution in [0.1, 0.15) is 50.3 Å². The molecule has 4 aromatic rings. The summed E-state index contributed by atoms with van der Waals surface area (Å²) in [5, 5.41) is 3.91. The van der Waals surface area contributed by atoms with Crippen LogP contribution < -0.4 is 5.32 Å². The lowest BCUT2D eigenvalue weighted by molar-refractivity contribution is 0.0544. The van der Waals surface area contributed by atoms with Crippen molar-refractivity contribution in [2.45, 2.75) is 51.7 Å². The fourth-order valence-corrected chi connectivity index (χ4v) is 5.10. The fourth-order valence-electron chi connectivity index (χ4n) is 5.10. The summed E-state index contributed by atoms with van der Waals surface area (Å²) in [4.78, 5) is 25.5. The highest BCUT2D eigenvalue weighted by atomic mass is 16.6. The molecule has 190 valence electrons. The summed E-state index contributed by atoms with van der Waals surface area (Å²) in [5.41, 5.74) is 5.89. The predicted octanol–water partition coefficient (Wildman–Crippen LogP) is 6.89. The smallest absolute Gasteiger partial charge is 0.419 e. The van der Waals surface area contributed by atoms with E-state index in [1.807, 2.05) is 76.2 Å². The van der Waals surface area contributed by atoms with Gasteiger partial charge in [-0.25, -0.2) is 9.59 Å². The summed E-state index contributed by atoms with van der Waals surface area (Å²) in [6.45, 7) is 7.74. The van der Waals surface area contributed by atoms with Crippen LogP contribution >= 0.6 is 0 Å². The third kappa shape index (κ3) is 5.10. The molecule has 0 saturated carbocycles. The maximum absolute atomic E-state index is 12.8. The van der Waals surface area contributed by atoms with E-state index in [2.05, 4.69) is 29.6 Å². The number of para-hydroxylation sites is 1. The van der Waals surface area contributed by atoms with Crippen LogP contribution in [-0.4, -0.2) is 35.0 Å². The molecule has 1 N–H and O–H groups in total. The topological polar surface area (TPSA) is 69.6 Å². The van der Waals surface area contributed by atoms with Gasteiger partial charge in [-0.15, -0.1) is 0 Å². The van der Waals surface area contributed by atoms with E-state index in [9.17, 15) is 9.59 Å². The van der Waals surface area contributed by atoms with Crippen LogP contribution in [-0.2, 0) is 15.9 Å². The van der Waals surface area contributed by atoms with Gasteiger partial charge in [-0.3, -0.25) is 4.57 Å². The summed E-state index contributed by atoms with van der Waals surface area (Å²) in [6.07, 6.45) is 1.46. The van der Waals surface area contributed by atoms with E-state index < -0.39 is 17.8 Å². The third-order valence-corrected chi connectivity index (χ3v) is 6.62. The second kappa shape index (κ2) is 9.77. The number of benzene rings is 3. The number of nitrogens with zero attached hydrogens (tertiary/aromatic N) is 1. The van der Waals surface area contributed by atoms with E-state index in [0.717, 1.165) is 16.5 Å². The number of hydrogen-bond donors (Lipinski definition) is 1. The molecule has 1 aliphatic carbocycles. The minimum atomic E-state index is -0.596. The molecule has 0 unspecified atom stereocenters. The molecule has 0 spiro atoms. The van der Waals surface area contributed by atoms with Gasteiger partial charge >= 0.3 is 12.2 Å². The van der Waals surface area contributed by atoms with Crippen LogP contribution in [0.5, 0.6) is 0 Å². The highest BCUT2D eigenvalue weighted by Crippen LogP contribution is 2.44. The predicted molar refractivity (Wildman–Crippen MR) is 145 cm³/mol. The molecule has 0 bridgehead atoms. The zero-order chi connectivity index (χ0) is 26.2. The summed E-state index contributed by atoms with van der Waals surface area (Å²) in [7, 11) is 0. The Labute approximate surface area is 217 Å². The zero-order valence-electron chi connectivity index (χ0n) is 21.7. The number of aromatic nitrogens is 1. The summed E-state index contributed by atoms with van der Waals surface area (Å²) < 4.78 is 12.8. The molecule has 0 fully saturated rings. The number of hydrogen-bond acceptors (Lipinski definition) is 4. The van der Waals surface area contributed by atoms with Crippen LogP contribution in [0.25, 0.3) is 22.0 Å². The van der Waals surface area contributed by atoms with Crippen LogP contribution in [0.3, 0.4) is 0 Å². The van der Waals surface area contributed by atoms with Gasteiger partial charge in [0.05, 0.1) is 5.52 Å². The Bertz CT molecular complexity index is 1420. The molecule has 3 aromatic carbocycles. The molecular weight excluding hydrogens is 464 g/mol. The van der Waals surface area contributed by atoms with Gasteiger partial charge in [0.25, 0.3) is 0 Å². The first-order chi connectivity index (χ1) is 17.7. The normalized spacial score (nSPS) is 13.6. The Morgan fingerprint density at radius 3 is 2.16 bits per heavy atom. The maximum atomic E-state index is 12.8. The quantitative estimate of drug-likeness (QED) is 0.326. The zero-order valence-corrected chi connectivity index (χ0v) is 21.7. The van der Waals surface area contributed by atoms with Crippen LogP contribution in [0, 0.1) is 0 Å². The number of fused-ring (bicyclic) bond motifs is 4. The second-order valence-corrected chi connectivity index (χ2v) is 10.6. The van der Waals surface area contributed by atoms with E-state index in [-0.39, 0.29) is 18.6 Å². The second-order valence-electron chi connectivity index (χ2n) is 10.6. The largest absolute Gasteiger partial charge is 0.449 e. The Kier molecular flexibility index (Phi) is 6.50. The van der Waals surface area contributed by atoms with Crippen molar-refractivity contribution < 1.29 is 19.1 Å². The molecule has 1 heterocycles. The van der Waals surface area contributed by atoms with Crippen molar-refractivity contribution >= 4 is 23.1 Å². The number of carbonyl (C=O) groups is 2. The van der Waals surface area contributed by atoms with Gasteiger partial charge in [-0.1, -0.05) is 66.7 Å². The van der Waals surface area contributed by atoms with Crippen molar-refractivity contribution in [1.29, 1.82) is 0 Å². The van der Waals surface area contributed by atoms with Crippen molar-refractivity contribution in [1.82, 2.24) is 9.88 Å². The molecule has 0 radical (unpaired) electrons. The lowest BCUT2D eigenvalue weighted by Gasteiger charge is -2.19. The molecule has 6 heteroatoms. The molecule has 1 atom stereocenters. The number of amides is 1. The third-order valence-electron chi connectivity index (χ3n) is 6.62. The van der Waals surface area contributed by atoms with Gasteiger partial charge in [-0.05, 0) is 68.0 Å². The fraction of sp³-hybridized carbons (Fsp3) is 0.290. The highest BCUT2D eigenvalue weighted by molar-refractivity contribution is 5.92. The van der Waals surface area contributed by atoms with E-state index in [1.165, 1.54) is 26.8 Å². The molecule has 1 aromatic heterocycles. The van der Waals surface area contributed by atoms with E-state index in [1.54, 1.807) is 6.20 Å². The van der Waals surface area contributed by atoms with Crippen molar-refractivity contribution in [2.75, 3.05) is 6.61 Å². The van der Waals surface area contributed by atoms with Gasteiger partial charge in [0, 0.05) is 23.5 Å². The van der Waals surface area contributed by atoms with Gasteiger partial charge in [0.15, 0.2) is 0 Å². The Balaban J connectivity index is 1.25. The SMILES string of the molecule is C[C@H](Cc1cn(C(=O)OC(C)(C)C)c2ccccc12)NC(=O)OCC1c2ccccc2-c2ccccc21. The minimum absolute atomic E-state index is 0.0141. The number of carbonyl (C=O) groups excluding carboxylic acids is 2. The summed E-state index contributed by atoms with van der Waals surface area (Å²) >= 11 is 0. The van der Waals surface area contributed by atoms with Crippen molar-refractivity contribution in [3.63, 3.8) is 0 Å². The number of alkyl carbamates (subject to hydrolysis) is 1. The number of nitrogens with one attached hydrogen (secondary N) is 1. The van der Waals surface area contributed by atoms with Crippen molar-refractivity contribution in [2.24, 2.45) is 0 Å². The Morgan fingerprint density at radius 2 is 1.51 bits per heavy atom. The van der Waals surface area contributed by atoms with Crippen LogP contribution in [0.4, 0.5) is 9.59 Å². The Morgan fingerprint density at radius 1 is 0.919 bits per heavy atom. The lowest BCUT2D eigenvalue weighted by Crippen LogP contribution is -2.35. The van der Waals surface area contributed by atoms with E-state index in [4.69, 9.17) is 9.47 Å². The van der Waals surface area contributed by atoms with Crippen LogP contribution in [0.15, 0.2) is 79.0 Å². The summed E-state index contributed by atoms with van der Waals surface area (Å²) in [5.74, 6) is 0.0141. The van der Waals surface area contributed by atoms with Crippen molar-refractivity contribution in [3.8, 4) is 11.1 Å². The Hall–Kier alpha value is -4.06. The molecular formula is C31H32N2O4. The molecule has 5 rings (SSSR count). The first-order valence-corrected chi connectivity index (χ1v) is 12.6. The number of rotatable bonds is 5. The van der Waals surface area contributed by atoms with Crippen LogP contribution in [0.2, 0.25) is 0 Å². The maximum Gasteiger partial charge on any atom is 0.419 e. The average Bonchev–Trinajstić information content (AvgIpc) is 3.38. The highest BCUT2D eigenvalue weighted by Gasteiger charge is 2.29. The van der Waals surface area contributed by atoms with E-state index >= 15 is 0 Å². The average molecular weight is 497 g/mol. The van der Waals surface area contributed by atoms with Gasteiger partial charge < -0.3 is 14.8 Å². The lowest BCUT2D eigenvalue weighted by atomic mass is 9.98. The monoisotopic (exact) mass is 496 g/mol. The summed E-state index contributed by atoms with van der Waals surface area (Å²) in [6, 6.07) is 24.1. The first kappa shape index (κ1) is 24.6. The molecule has 37 heavy (non-hydrogen) atoms. The first-order valence-electron chi connectivity index (χ1n) is 12.6. The molecule has 1 aliphatic rings. The molecule has 1 amide bonds.